The van der Waals surface area contributed by atoms with Gasteiger partial charge < -0.3 is 0 Å². The molecule has 0 saturated carbocycles. The highest BCUT2D eigenvalue weighted by Gasteiger charge is 2.32. The third-order valence-corrected chi connectivity index (χ3v) is 5.50. The molecule has 1 aliphatic heterocycles. The minimum absolute atomic E-state index is 0.0112. The van der Waals surface area contributed by atoms with Crippen molar-refractivity contribution in [3.05, 3.63) is 29.8 Å². The summed E-state index contributed by atoms with van der Waals surface area (Å²) in [4.78, 5) is 1.99. The smallest absolute Gasteiger partial charge is 0.298 e. The van der Waals surface area contributed by atoms with Gasteiger partial charge in [0.25, 0.3) is 10.1 Å². The monoisotopic (exact) mass is 365 g/mol. The van der Waals surface area contributed by atoms with E-state index in [1.807, 2.05) is 0 Å². The second-order valence-corrected chi connectivity index (χ2v) is 8.50. The number of nitrogens with zero attached hydrogens (tertiary/aromatic N) is 1. The summed E-state index contributed by atoms with van der Waals surface area (Å²) in [5, 5.41) is 0. The maximum Gasteiger partial charge on any atom is 0.416 e. The molecule has 0 radical (unpaired) electrons. The van der Waals surface area contributed by atoms with Crippen molar-refractivity contribution in [1.29, 1.82) is 0 Å². The molecule has 0 amide bonds. The first kappa shape index (κ1) is 19.2. The molecule has 0 aromatic heterocycles. The first-order chi connectivity index (χ1) is 10.9. The van der Waals surface area contributed by atoms with Crippen LogP contribution in [0.15, 0.2) is 29.2 Å². The Hall–Kier alpha value is -1.12. The average molecular weight is 365 g/mol. The van der Waals surface area contributed by atoms with Crippen LogP contribution in [0.4, 0.5) is 13.2 Å². The third kappa shape index (κ3) is 4.70. The van der Waals surface area contributed by atoms with Gasteiger partial charge in [0.15, 0.2) is 0 Å². The molecule has 8 heteroatoms. The van der Waals surface area contributed by atoms with E-state index in [0.717, 1.165) is 37.4 Å². The molecule has 1 fully saturated rings. The van der Waals surface area contributed by atoms with Gasteiger partial charge in [-0.25, -0.2) is 0 Å². The van der Waals surface area contributed by atoms with Crippen molar-refractivity contribution in [3.63, 3.8) is 0 Å². The summed E-state index contributed by atoms with van der Waals surface area (Å²) in [6, 6.07) is 3.36. The van der Waals surface area contributed by atoms with Gasteiger partial charge in [0.2, 0.25) is 0 Å². The molecule has 0 N–H and O–H groups in total. The summed E-state index contributed by atoms with van der Waals surface area (Å²) in [6.07, 6.45) is -3.81. The second kappa shape index (κ2) is 6.65. The molecule has 0 aliphatic carbocycles. The molecule has 0 atom stereocenters. The van der Waals surface area contributed by atoms with E-state index in [-0.39, 0.29) is 10.4 Å². The van der Waals surface area contributed by atoms with E-state index in [1.54, 1.807) is 0 Å². The number of hydrogen-bond acceptors (Lipinski definition) is 4. The van der Waals surface area contributed by atoms with E-state index in [9.17, 15) is 21.6 Å². The standard InChI is InChI=1S/C16H22F3NO3S/c1-15(2,3)20-10-8-13(9-11-20)23-24(21,22)14-6-4-12(5-7-14)16(17,18)19/h4-7,13H,8-11H2,1-3H3. The molecule has 1 heterocycles. The normalized spacial score (nSPS) is 18.8. The van der Waals surface area contributed by atoms with Crippen LogP contribution in [0.25, 0.3) is 0 Å². The second-order valence-electron chi connectivity index (χ2n) is 6.93. The Morgan fingerprint density at radius 3 is 1.96 bits per heavy atom. The maximum absolute atomic E-state index is 12.5. The van der Waals surface area contributed by atoms with Crippen LogP contribution in [0, 0.1) is 0 Å². The van der Waals surface area contributed by atoms with Crippen molar-refractivity contribution in [2.45, 2.75) is 56.3 Å². The van der Waals surface area contributed by atoms with Gasteiger partial charge in [-0.1, -0.05) is 0 Å². The van der Waals surface area contributed by atoms with Crippen molar-refractivity contribution in [1.82, 2.24) is 4.90 Å². The zero-order valence-electron chi connectivity index (χ0n) is 13.9. The molecule has 2 rings (SSSR count). The zero-order valence-corrected chi connectivity index (χ0v) is 14.7. The molecule has 0 bridgehead atoms. The van der Waals surface area contributed by atoms with E-state index in [4.69, 9.17) is 4.18 Å². The van der Waals surface area contributed by atoms with Crippen LogP contribution in [-0.2, 0) is 20.5 Å². The van der Waals surface area contributed by atoms with Crippen molar-refractivity contribution < 1.29 is 25.8 Å². The molecule has 136 valence electrons. The Labute approximate surface area is 140 Å². The van der Waals surface area contributed by atoms with E-state index in [1.165, 1.54) is 0 Å². The summed E-state index contributed by atoms with van der Waals surface area (Å²) in [6.45, 7) is 7.71. The lowest BCUT2D eigenvalue weighted by Crippen LogP contribution is -2.47. The Morgan fingerprint density at radius 2 is 1.54 bits per heavy atom. The van der Waals surface area contributed by atoms with Crippen LogP contribution in [0.2, 0.25) is 0 Å². The third-order valence-electron chi connectivity index (χ3n) is 4.12. The Bertz CT molecular complexity index is 655. The molecular weight excluding hydrogens is 343 g/mol. The molecular formula is C16H22F3NO3S. The van der Waals surface area contributed by atoms with Gasteiger partial charge in [0.1, 0.15) is 0 Å². The van der Waals surface area contributed by atoms with Crippen LogP contribution >= 0.6 is 0 Å². The topological polar surface area (TPSA) is 46.6 Å². The van der Waals surface area contributed by atoms with Gasteiger partial charge in [-0.2, -0.15) is 21.6 Å². The lowest BCUT2D eigenvalue weighted by atomic mass is 10.00. The highest BCUT2D eigenvalue weighted by atomic mass is 32.2. The van der Waals surface area contributed by atoms with Gasteiger partial charge in [0, 0.05) is 18.6 Å². The first-order valence-electron chi connectivity index (χ1n) is 7.75. The highest BCUT2D eigenvalue weighted by molar-refractivity contribution is 7.86. The molecule has 1 saturated heterocycles. The number of alkyl halides is 3. The van der Waals surface area contributed by atoms with Crippen molar-refractivity contribution in [2.75, 3.05) is 13.1 Å². The largest absolute Gasteiger partial charge is 0.416 e. The van der Waals surface area contributed by atoms with Gasteiger partial charge in [-0.15, -0.1) is 0 Å². The molecule has 0 unspecified atom stereocenters. The fraction of sp³-hybridized carbons (Fsp3) is 0.625. The van der Waals surface area contributed by atoms with Crippen molar-refractivity contribution >= 4 is 10.1 Å². The van der Waals surface area contributed by atoms with E-state index < -0.39 is 28.0 Å². The molecule has 1 aromatic carbocycles. The lowest BCUT2D eigenvalue weighted by molar-refractivity contribution is -0.137. The number of rotatable bonds is 3. The molecule has 24 heavy (non-hydrogen) atoms. The lowest BCUT2D eigenvalue weighted by Gasteiger charge is -2.40. The van der Waals surface area contributed by atoms with Gasteiger partial charge in [0.05, 0.1) is 16.6 Å². The molecule has 1 aliphatic rings. The van der Waals surface area contributed by atoms with Crippen LogP contribution in [0.5, 0.6) is 0 Å². The highest BCUT2D eigenvalue weighted by Crippen LogP contribution is 2.30. The van der Waals surface area contributed by atoms with Gasteiger partial charge >= 0.3 is 6.18 Å². The van der Waals surface area contributed by atoms with Gasteiger partial charge in [-0.05, 0) is 57.9 Å². The Morgan fingerprint density at radius 1 is 1.04 bits per heavy atom. The minimum atomic E-state index is -4.50. The number of piperidine rings is 1. The zero-order chi connectivity index (χ0) is 18.2. The first-order valence-corrected chi connectivity index (χ1v) is 9.16. The number of benzene rings is 1. The summed E-state index contributed by atoms with van der Waals surface area (Å²) in [5.74, 6) is 0. The molecule has 0 spiro atoms. The summed E-state index contributed by atoms with van der Waals surface area (Å²) in [5.41, 5.74) is -0.878. The number of likely N-dealkylation sites (tertiary alicyclic amines) is 1. The molecule has 1 aromatic rings. The fourth-order valence-electron chi connectivity index (χ4n) is 2.67. The van der Waals surface area contributed by atoms with Gasteiger partial charge in [-0.3, -0.25) is 9.08 Å². The fourth-order valence-corrected chi connectivity index (χ4v) is 3.80. The quantitative estimate of drug-likeness (QED) is 0.767. The average Bonchev–Trinajstić information content (AvgIpc) is 2.46. The van der Waals surface area contributed by atoms with Crippen LogP contribution < -0.4 is 0 Å². The Balaban J connectivity index is 2.02. The van der Waals surface area contributed by atoms with E-state index >= 15 is 0 Å². The predicted molar refractivity (Wildman–Crippen MR) is 84.1 cm³/mol. The van der Waals surface area contributed by atoms with Crippen LogP contribution in [-0.4, -0.2) is 38.1 Å². The number of hydrogen-bond donors (Lipinski definition) is 0. The van der Waals surface area contributed by atoms with Crippen LogP contribution in [0.3, 0.4) is 0 Å². The minimum Gasteiger partial charge on any atom is -0.298 e. The van der Waals surface area contributed by atoms with Crippen molar-refractivity contribution in [2.24, 2.45) is 0 Å². The number of halogens is 3. The molecule has 4 nitrogen and oxygen atoms in total. The SMILES string of the molecule is CC(C)(C)N1CCC(OS(=O)(=O)c2ccc(C(F)(F)F)cc2)CC1. The summed E-state index contributed by atoms with van der Waals surface area (Å²) < 4.78 is 67.3. The summed E-state index contributed by atoms with van der Waals surface area (Å²) in [7, 11) is -4.06. The summed E-state index contributed by atoms with van der Waals surface area (Å²) >= 11 is 0. The van der Waals surface area contributed by atoms with E-state index in [2.05, 4.69) is 25.7 Å². The Kier molecular flexibility index (Phi) is 5.32. The van der Waals surface area contributed by atoms with Crippen LogP contribution in [0.1, 0.15) is 39.2 Å². The predicted octanol–water partition coefficient (Wildman–Crippen LogP) is 3.67. The maximum atomic E-state index is 12.5. The van der Waals surface area contributed by atoms with E-state index in [0.29, 0.717) is 12.8 Å². The van der Waals surface area contributed by atoms with Crippen molar-refractivity contribution in [3.8, 4) is 0 Å².